The molecule has 3 N–H and O–H groups in total. The highest BCUT2D eigenvalue weighted by atomic mass is 16.6. The van der Waals surface area contributed by atoms with Crippen LogP contribution in [-0.4, -0.2) is 36.1 Å². The Bertz CT molecular complexity index is 929. The third kappa shape index (κ3) is 4.42. The standard InChI is InChI=1S/C22H23NO5/c1-27-20(13-14-24)21(28-22(26)23-15-7-3-2-4-8-15)18-11-12-19(25)17-10-6-5-9-16(17)18/h2-12,20-21,24-25H,13-14H2,1H3,(H,23,26)/t20-,21-/m1/s1. The number of hydrogen-bond acceptors (Lipinski definition) is 5. The maximum absolute atomic E-state index is 12.5. The van der Waals surface area contributed by atoms with Gasteiger partial charge in [-0.25, -0.2) is 4.79 Å². The van der Waals surface area contributed by atoms with Crippen LogP contribution in [0.4, 0.5) is 10.5 Å². The zero-order chi connectivity index (χ0) is 19.9. The summed E-state index contributed by atoms with van der Waals surface area (Å²) in [5, 5.41) is 23.7. The van der Waals surface area contributed by atoms with E-state index in [0.717, 1.165) is 5.39 Å². The van der Waals surface area contributed by atoms with Crippen LogP contribution in [0.3, 0.4) is 0 Å². The van der Waals surface area contributed by atoms with Crippen LogP contribution in [0.25, 0.3) is 10.8 Å². The van der Waals surface area contributed by atoms with E-state index in [1.54, 1.807) is 30.3 Å². The second-order valence-corrected chi connectivity index (χ2v) is 6.32. The Morgan fingerprint density at radius 2 is 1.68 bits per heavy atom. The van der Waals surface area contributed by atoms with Gasteiger partial charge in [-0.3, -0.25) is 5.32 Å². The molecule has 3 rings (SSSR count). The van der Waals surface area contributed by atoms with E-state index in [-0.39, 0.29) is 18.8 Å². The first-order valence-corrected chi connectivity index (χ1v) is 9.01. The number of nitrogens with one attached hydrogen (secondary N) is 1. The molecule has 0 unspecified atom stereocenters. The molecule has 0 aliphatic heterocycles. The van der Waals surface area contributed by atoms with Crippen molar-refractivity contribution in [2.24, 2.45) is 0 Å². The first-order chi connectivity index (χ1) is 13.6. The number of ether oxygens (including phenoxy) is 2. The van der Waals surface area contributed by atoms with E-state index in [4.69, 9.17) is 9.47 Å². The van der Waals surface area contributed by atoms with Crippen LogP contribution in [-0.2, 0) is 9.47 Å². The zero-order valence-corrected chi connectivity index (χ0v) is 15.5. The number of phenols is 1. The molecule has 6 heteroatoms. The molecule has 0 saturated heterocycles. The molecule has 146 valence electrons. The Labute approximate surface area is 163 Å². The molecule has 0 aromatic heterocycles. The number of fused-ring (bicyclic) bond motifs is 1. The van der Waals surface area contributed by atoms with Crippen LogP contribution in [0, 0.1) is 0 Å². The van der Waals surface area contributed by atoms with Crippen molar-refractivity contribution in [2.75, 3.05) is 19.0 Å². The first-order valence-electron chi connectivity index (χ1n) is 9.01. The van der Waals surface area contributed by atoms with Gasteiger partial charge in [-0.15, -0.1) is 0 Å². The van der Waals surface area contributed by atoms with Gasteiger partial charge in [0.25, 0.3) is 0 Å². The lowest BCUT2D eigenvalue weighted by Crippen LogP contribution is -2.29. The monoisotopic (exact) mass is 381 g/mol. The van der Waals surface area contributed by atoms with Gasteiger partial charge in [0.15, 0.2) is 6.10 Å². The SMILES string of the molecule is CO[C@H](CCO)[C@H](OC(=O)Nc1ccccc1)c1ccc(O)c2ccccc12. The van der Waals surface area contributed by atoms with Crippen LogP contribution in [0.2, 0.25) is 0 Å². The number of benzene rings is 3. The normalized spacial score (nSPS) is 13.1. The zero-order valence-electron chi connectivity index (χ0n) is 15.5. The fourth-order valence-corrected chi connectivity index (χ4v) is 3.20. The van der Waals surface area contributed by atoms with Gasteiger partial charge in [-0.2, -0.15) is 0 Å². The fraction of sp³-hybridized carbons (Fsp3) is 0.227. The average molecular weight is 381 g/mol. The Morgan fingerprint density at radius 1 is 1.00 bits per heavy atom. The number of carbonyl (C=O) groups is 1. The van der Waals surface area contributed by atoms with Gasteiger partial charge in [0.2, 0.25) is 0 Å². The molecule has 6 nitrogen and oxygen atoms in total. The molecule has 0 bridgehead atoms. The summed E-state index contributed by atoms with van der Waals surface area (Å²) in [6.45, 7) is -0.116. The summed E-state index contributed by atoms with van der Waals surface area (Å²) in [7, 11) is 1.51. The number of anilines is 1. The molecule has 3 aromatic carbocycles. The van der Waals surface area contributed by atoms with E-state index in [1.807, 2.05) is 36.4 Å². The third-order valence-electron chi connectivity index (χ3n) is 4.55. The van der Waals surface area contributed by atoms with Crippen molar-refractivity contribution in [3.8, 4) is 5.75 Å². The van der Waals surface area contributed by atoms with Crippen molar-refractivity contribution < 1.29 is 24.5 Å². The number of methoxy groups -OCH3 is 1. The van der Waals surface area contributed by atoms with E-state index >= 15 is 0 Å². The Morgan fingerprint density at radius 3 is 2.36 bits per heavy atom. The highest BCUT2D eigenvalue weighted by Gasteiger charge is 2.29. The number of rotatable bonds is 7. The summed E-state index contributed by atoms with van der Waals surface area (Å²) in [6.07, 6.45) is -1.67. The van der Waals surface area contributed by atoms with Gasteiger partial charge in [-0.1, -0.05) is 48.5 Å². The molecule has 1 amide bonds. The molecule has 2 atom stereocenters. The highest BCUT2D eigenvalue weighted by molar-refractivity contribution is 5.91. The smallest absolute Gasteiger partial charge is 0.412 e. The van der Waals surface area contributed by atoms with Gasteiger partial charge in [0, 0.05) is 36.8 Å². The summed E-state index contributed by atoms with van der Waals surface area (Å²) < 4.78 is 11.2. The van der Waals surface area contributed by atoms with E-state index in [0.29, 0.717) is 16.6 Å². The van der Waals surface area contributed by atoms with Crippen molar-refractivity contribution >= 4 is 22.6 Å². The number of amides is 1. The van der Waals surface area contributed by atoms with Gasteiger partial charge in [0.05, 0.1) is 0 Å². The largest absolute Gasteiger partial charge is 0.507 e. The quantitative estimate of drug-likeness (QED) is 0.570. The third-order valence-corrected chi connectivity index (χ3v) is 4.55. The second-order valence-electron chi connectivity index (χ2n) is 6.32. The number of aliphatic hydroxyl groups is 1. The first kappa shape index (κ1) is 19.7. The number of aromatic hydroxyl groups is 1. The van der Waals surface area contributed by atoms with Gasteiger partial charge >= 0.3 is 6.09 Å². The summed E-state index contributed by atoms with van der Waals surface area (Å²) in [5.74, 6) is 0.142. The number of phenolic OH excluding ortho intramolecular Hbond substituents is 1. The molecule has 0 fully saturated rings. The number of para-hydroxylation sites is 1. The molecule has 28 heavy (non-hydrogen) atoms. The molecule has 0 heterocycles. The topological polar surface area (TPSA) is 88.0 Å². The highest BCUT2D eigenvalue weighted by Crippen LogP contribution is 2.35. The summed E-state index contributed by atoms with van der Waals surface area (Å²) >= 11 is 0. The molecule has 0 aliphatic rings. The van der Waals surface area contributed by atoms with Crippen molar-refractivity contribution in [1.29, 1.82) is 0 Å². The number of hydrogen-bond donors (Lipinski definition) is 3. The van der Waals surface area contributed by atoms with Crippen LogP contribution in [0.15, 0.2) is 66.7 Å². The molecule has 3 aromatic rings. The maximum atomic E-state index is 12.5. The van der Waals surface area contributed by atoms with E-state index in [1.165, 1.54) is 7.11 Å². The average Bonchev–Trinajstić information content (AvgIpc) is 2.72. The van der Waals surface area contributed by atoms with E-state index < -0.39 is 18.3 Å². The fourth-order valence-electron chi connectivity index (χ4n) is 3.20. The molecule has 0 saturated carbocycles. The number of carbonyl (C=O) groups excluding carboxylic acids is 1. The van der Waals surface area contributed by atoms with E-state index in [9.17, 15) is 15.0 Å². The lowest BCUT2D eigenvalue weighted by molar-refractivity contribution is -0.0299. The molecule has 0 spiro atoms. The van der Waals surface area contributed by atoms with Crippen LogP contribution in [0.5, 0.6) is 5.75 Å². The second kappa shape index (κ2) is 9.21. The van der Waals surface area contributed by atoms with Crippen molar-refractivity contribution in [3.63, 3.8) is 0 Å². The predicted molar refractivity (Wildman–Crippen MR) is 107 cm³/mol. The summed E-state index contributed by atoms with van der Waals surface area (Å²) in [5.41, 5.74) is 1.30. The minimum atomic E-state index is -0.772. The summed E-state index contributed by atoms with van der Waals surface area (Å²) in [4.78, 5) is 12.5. The minimum Gasteiger partial charge on any atom is -0.507 e. The van der Waals surface area contributed by atoms with Gasteiger partial charge < -0.3 is 19.7 Å². The molecule has 0 aliphatic carbocycles. The van der Waals surface area contributed by atoms with Gasteiger partial charge in [-0.05, 0) is 23.6 Å². The minimum absolute atomic E-state index is 0.116. The Hall–Kier alpha value is -3.09. The predicted octanol–water partition coefficient (Wildman–Crippen LogP) is 4.23. The molecule has 0 radical (unpaired) electrons. The van der Waals surface area contributed by atoms with Crippen LogP contribution in [0.1, 0.15) is 18.1 Å². The number of aliphatic hydroxyl groups excluding tert-OH is 1. The Kier molecular flexibility index (Phi) is 6.47. The van der Waals surface area contributed by atoms with Crippen molar-refractivity contribution in [2.45, 2.75) is 18.6 Å². The Balaban J connectivity index is 1.96. The van der Waals surface area contributed by atoms with Crippen molar-refractivity contribution in [3.05, 3.63) is 72.3 Å². The maximum Gasteiger partial charge on any atom is 0.412 e. The van der Waals surface area contributed by atoms with Crippen LogP contribution >= 0.6 is 0 Å². The summed E-state index contributed by atoms with van der Waals surface area (Å²) in [6, 6.07) is 19.6. The van der Waals surface area contributed by atoms with Gasteiger partial charge in [0.1, 0.15) is 11.9 Å². The molecular formula is C22H23NO5. The van der Waals surface area contributed by atoms with Crippen LogP contribution < -0.4 is 5.32 Å². The van der Waals surface area contributed by atoms with E-state index in [2.05, 4.69) is 5.32 Å². The lowest BCUT2D eigenvalue weighted by atomic mass is 9.95. The van der Waals surface area contributed by atoms with Crippen molar-refractivity contribution in [1.82, 2.24) is 0 Å². The molecular weight excluding hydrogens is 358 g/mol. The lowest BCUT2D eigenvalue weighted by Gasteiger charge is -2.27.